The van der Waals surface area contributed by atoms with Crippen molar-refractivity contribution in [2.75, 3.05) is 4.90 Å². The van der Waals surface area contributed by atoms with E-state index in [2.05, 4.69) is 221 Å². The van der Waals surface area contributed by atoms with Crippen molar-refractivity contribution in [3.05, 3.63) is 231 Å². The first kappa shape index (κ1) is 41.8. The molecule has 1 aliphatic heterocycles. The highest BCUT2D eigenvalue weighted by Gasteiger charge is 2.29. The van der Waals surface area contributed by atoms with Gasteiger partial charge in [-0.2, -0.15) is 0 Å². The SMILES string of the molecule is c1cncc(-c2cc(N3c4ccccc4Sc4ccccc43)c3ccc4c(-c5cccnc5)cc(-n5c6ccccc6sc6cc7c(cc65)[nH]c5cc6c8cccc9cccc(c%10cccc(c57)c%106)c98)c5ccc2c3c45)c1. The minimum absolute atomic E-state index is 1.07. The lowest BCUT2D eigenvalue weighted by Crippen LogP contribution is -2.15. The summed E-state index contributed by atoms with van der Waals surface area (Å²) in [6, 6.07) is 77.1. The lowest BCUT2D eigenvalue weighted by Gasteiger charge is -2.34. The molecule has 0 atom stereocenters. The number of benzene rings is 13. The number of nitrogens with one attached hydrogen (secondary N) is 1. The zero-order valence-corrected chi connectivity index (χ0v) is 42.7. The van der Waals surface area contributed by atoms with Crippen LogP contribution in [-0.4, -0.2) is 19.5 Å². The summed E-state index contributed by atoms with van der Waals surface area (Å²) in [5.41, 5.74) is 13.5. The summed E-state index contributed by atoms with van der Waals surface area (Å²) in [6.45, 7) is 0. The lowest BCUT2D eigenvalue weighted by atomic mass is 9.85. The zero-order chi connectivity index (χ0) is 50.0. The van der Waals surface area contributed by atoms with Crippen LogP contribution >= 0.6 is 23.1 Å². The predicted molar refractivity (Wildman–Crippen MR) is 327 cm³/mol. The Kier molecular flexibility index (Phi) is 8.42. The van der Waals surface area contributed by atoms with Crippen LogP contribution in [0.3, 0.4) is 0 Å². The molecule has 1 aliphatic rings. The number of H-pyrrole nitrogens is 1. The van der Waals surface area contributed by atoms with Crippen molar-refractivity contribution in [2.45, 2.75) is 9.79 Å². The summed E-state index contributed by atoms with van der Waals surface area (Å²) < 4.78 is 4.97. The molecule has 0 saturated heterocycles. The Morgan fingerprint density at radius 2 is 0.948 bits per heavy atom. The van der Waals surface area contributed by atoms with Crippen molar-refractivity contribution in [3.8, 4) is 27.9 Å². The molecule has 17 aromatic rings. The zero-order valence-electron chi connectivity index (χ0n) is 41.0. The minimum Gasteiger partial charge on any atom is -0.354 e. The lowest BCUT2D eigenvalue weighted by molar-refractivity contribution is 1.17. The highest BCUT2D eigenvalue weighted by Crippen LogP contribution is 2.56. The van der Waals surface area contributed by atoms with E-state index in [4.69, 9.17) is 9.97 Å². The summed E-state index contributed by atoms with van der Waals surface area (Å²) in [5.74, 6) is 0. The van der Waals surface area contributed by atoms with E-state index in [1.807, 2.05) is 47.9 Å². The number of nitrogens with zero attached hydrogens (tertiary/aromatic N) is 4. The Morgan fingerprint density at radius 1 is 0.351 bits per heavy atom. The van der Waals surface area contributed by atoms with E-state index in [9.17, 15) is 0 Å². The third-order valence-electron chi connectivity index (χ3n) is 16.6. The Hall–Kier alpha value is -9.53. The summed E-state index contributed by atoms with van der Waals surface area (Å²) in [6.07, 6.45) is 7.76. The van der Waals surface area contributed by atoms with Crippen molar-refractivity contribution < 1.29 is 0 Å². The fourth-order valence-corrected chi connectivity index (χ4v) is 15.6. The van der Waals surface area contributed by atoms with E-state index >= 15 is 0 Å². The van der Waals surface area contributed by atoms with Gasteiger partial charge in [-0.05, 0) is 144 Å². The van der Waals surface area contributed by atoms with E-state index in [-0.39, 0.29) is 0 Å². The van der Waals surface area contributed by atoms with Gasteiger partial charge >= 0.3 is 0 Å². The molecule has 0 fully saturated rings. The van der Waals surface area contributed by atoms with Crippen molar-refractivity contribution >= 4 is 158 Å². The second-order valence-corrected chi connectivity index (χ2v) is 22.7. The topological polar surface area (TPSA) is 49.7 Å². The number of hydrogen-bond acceptors (Lipinski definition) is 5. The maximum Gasteiger partial charge on any atom is 0.0656 e. The quantitative estimate of drug-likeness (QED) is 0.141. The average Bonchev–Trinajstić information content (AvgIpc) is 3.87. The van der Waals surface area contributed by atoms with Gasteiger partial charge in [0.2, 0.25) is 0 Å². The second kappa shape index (κ2) is 15.5. The highest BCUT2D eigenvalue weighted by atomic mass is 32.2. The Balaban J connectivity index is 0.979. The second-order valence-electron chi connectivity index (χ2n) is 20.5. The molecule has 0 spiro atoms. The number of aromatic amines is 1. The first-order chi connectivity index (χ1) is 38.2. The molecule has 18 rings (SSSR count). The van der Waals surface area contributed by atoms with Crippen LogP contribution in [0.15, 0.2) is 241 Å². The summed E-state index contributed by atoms with van der Waals surface area (Å²) >= 11 is 3.70. The van der Waals surface area contributed by atoms with Crippen LogP contribution in [0.2, 0.25) is 0 Å². The molecule has 356 valence electrons. The molecule has 0 aliphatic carbocycles. The molecule has 77 heavy (non-hydrogen) atoms. The Morgan fingerprint density at radius 3 is 1.65 bits per heavy atom. The van der Waals surface area contributed by atoms with Gasteiger partial charge in [-0.25, -0.2) is 0 Å². The number of fused-ring (bicyclic) bond motifs is 10. The summed E-state index contributed by atoms with van der Waals surface area (Å²) in [5, 5.41) is 20.0. The number of aromatic nitrogens is 4. The third-order valence-corrected chi connectivity index (χ3v) is 18.8. The van der Waals surface area contributed by atoms with Crippen LogP contribution in [0.25, 0.3) is 146 Å². The fraction of sp³-hybridized carbons (Fsp3) is 0. The Bertz CT molecular complexity index is 5330. The number of pyridine rings is 2. The first-order valence-corrected chi connectivity index (χ1v) is 27.7. The van der Waals surface area contributed by atoms with Crippen LogP contribution < -0.4 is 4.90 Å². The number of para-hydroxylation sites is 3. The maximum atomic E-state index is 4.74. The minimum atomic E-state index is 1.07. The van der Waals surface area contributed by atoms with Crippen LogP contribution in [0, 0.1) is 0 Å². The van der Waals surface area contributed by atoms with Gasteiger partial charge in [0.25, 0.3) is 0 Å². The van der Waals surface area contributed by atoms with Gasteiger partial charge in [0.05, 0.1) is 43.2 Å². The van der Waals surface area contributed by atoms with Gasteiger partial charge in [-0.15, -0.1) is 11.3 Å². The van der Waals surface area contributed by atoms with Gasteiger partial charge in [0.1, 0.15) is 0 Å². The van der Waals surface area contributed by atoms with E-state index < -0.39 is 0 Å². The standard InChI is InChI=1S/C70H39N5S2/c1-4-23-62-56(20-1)74(57-21-2-5-24-63(57)76-62)59-33-50(40-14-10-30-71-37-40)45-27-29-48-60(34-51(41-15-11-31-72-38-41)46-26-28-47(59)69(45)70(46)48)75-58-22-3-6-25-64(58)77-65-35-53-54(36-61(65)75)73-55-32-52-44-17-8-13-39-12-7-16-42(66(39)44)43-18-9-19-49(67(43)52)68(53)55/h1-38,73H. The summed E-state index contributed by atoms with van der Waals surface area (Å²) in [7, 11) is 0. The van der Waals surface area contributed by atoms with Crippen molar-refractivity contribution in [1.29, 1.82) is 0 Å². The molecule has 1 N–H and O–H groups in total. The third kappa shape index (κ3) is 5.74. The predicted octanol–water partition coefficient (Wildman–Crippen LogP) is 20.0. The van der Waals surface area contributed by atoms with Crippen LogP contribution in [0.4, 0.5) is 17.1 Å². The van der Waals surface area contributed by atoms with E-state index in [1.165, 1.54) is 117 Å². The van der Waals surface area contributed by atoms with E-state index in [0.717, 1.165) is 55.7 Å². The highest BCUT2D eigenvalue weighted by molar-refractivity contribution is 7.99. The van der Waals surface area contributed by atoms with Gasteiger partial charge in [0.15, 0.2) is 0 Å². The number of anilines is 3. The average molecular weight is 1010 g/mol. The van der Waals surface area contributed by atoms with Crippen molar-refractivity contribution in [3.63, 3.8) is 0 Å². The molecule has 0 bridgehead atoms. The van der Waals surface area contributed by atoms with Crippen LogP contribution in [-0.2, 0) is 0 Å². The van der Waals surface area contributed by atoms with Crippen molar-refractivity contribution in [2.24, 2.45) is 0 Å². The van der Waals surface area contributed by atoms with Crippen LogP contribution in [0.5, 0.6) is 0 Å². The first-order valence-electron chi connectivity index (χ1n) is 26.1. The van der Waals surface area contributed by atoms with Crippen molar-refractivity contribution in [1.82, 2.24) is 19.5 Å². The molecule has 4 aromatic heterocycles. The van der Waals surface area contributed by atoms with Gasteiger partial charge in [-0.3, -0.25) is 9.97 Å². The molecule has 0 amide bonds. The monoisotopic (exact) mass is 1010 g/mol. The Labute approximate surface area is 448 Å². The number of rotatable bonds is 4. The molecular weight excluding hydrogens is 975 g/mol. The molecule has 0 radical (unpaired) electrons. The van der Waals surface area contributed by atoms with Crippen LogP contribution in [0.1, 0.15) is 0 Å². The van der Waals surface area contributed by atoms with Gasteiger partial charge < -0.3 is 14.5 Å². The summed E-state index contributed by atoms with van der Waals surface area (Å²) in [4.78, 5) is 18.4. The van der Waals surface area contributed by atoms with E-state index in [0.29, 0.717) is 0 Å². The van der Waals surface area contributed by atoms with Gasteiger partial charge in [0, 0.05) is 89.1 Å². The molecule has 0 saturated carbocycles. The smallest absolute Gasteiger partial charge is 0.0656 e. The molecule has 5 heterocycles. The van der Waals surface area contributed by atoms with Gasteiger partial charge in [-0.1, -0.05) is 139 Å². The fourth-order valence-electron chi connectivity index (χ4n) is 13.4. The number of hydrogen-bond donors (Lipinski definition) is 1. The molecule has 7 heteroatoms. The largest absolute Gasteiger partial charge is 0.354 e. The van der Waals surface area contributed by atoms with E-state index in [1.54, 1.807) is 0 Å². The maximum absolute atomic E-state index is 4.74. The molecule has 0 unspecified atom stereocenters. The molecule has 5 nitrogen and oxygen atoms in total. The molecular formula is C70H39N5S2. The molecule has 13 aromatic carbocycles. The normalized spacial score (nSPS) is 12.9.